The second kappa shape index (κ2) is 5.01. The zero-order valence-corrected chi connectivity index (χ0v) is 10.5. The molecule has 0 bridgehead atoms. The van der Waals surface area contributed by atoms with Gasteiger partial charge in [-0.25, -0.2) is 9.48 Å². The van der Waals surface area contributed by atoms with Crippen molar-refractivity contribution in [1.29, 1.82) is 0 Å². The van der Waals surface area contributed by atoms with Crippen LogP contribution in [0.25, 0.3) is 5.95 Å². The molecule has 0 amide bonds. The predicted molar refractivity (Wildman–Crippen MR) is 65.3 cm³/mol. The lowest BCUT2D eigenvalue weighted by molar-refractivity contribution is 0.0690. The van der Waals surface area contributed by atoms with Crippen molar-refractivity contribution >= 4 is 5.97 Å². The fraction of sp³-hybridized carbons (Fsp3) is 0.364. The monoisotopic (exact) mass is 263 g/mol. The molecule has 2 aromatic rings. The van der Waals surface area contributed by atoms with Crippen LogP contribution in [0.3, 0.4) is 0 Å². The highest BCUT2D eigenvalue weighted by atomic mass is 16.4. The van der Waals surface area contributed by atoms with Crippen LogP contribution in [0.5, 0.6) is 0 Å². The number of nitrogens with zero attached hydrogens (tertiary/aromatic N) is 4. The molecule has 0 aliphatic rings. The van der Waals surface area contributed by atoms with Crippen molar-refractivity contribution in [1.82, 2.24) is 25.0 Å². The lowest BCUT2D eigenvalue weighted by atomic mass is 10.1. The van der Waals surface area contributed by atoms with Crippen molar-refractivity contribution < 1.29 is 9.90 Å². The third-order valence-electron chi connectivity index (χ3n) is 2.38. The number of rotatable bonds is 4. The van der Waals surface area contributed by atoms with Gasteiger partial charge in [-0.2, -0.15) is 5.10 Å². The van der Waals surface area contributed by atoms with Gasteiger partial charge in [0.15, 0.2) is 5.69 Å². The Hall–Kier alpha value is -2.51. The number of carbonyl (C=O) groups is 1. The van der Waals surface area contributed by atoms with E-state index in [1.165, 1.54) is 10.7 Å². The molecule has 2 aromatic heterocycles. The predicted octanol–water partition coefficient (Wildman–Crippen LogP) is 0.247. The summed E-state index contributed by atoms with van der Waals surface area (Å²) in [5.41, 5.74) is 0.138. The number of carboxylic acids is 1. The number of nitrogens with one attached hydrogen (secondary N) is 1. The highest BCUT2D eigenvalue weighted by Crippen LogP contribution is 2.13. The number of hydrogen-bond donors (Lipinski definition) is 2. The molecule has 2 N–H and O–H groups in total. The maximum atomic E-state index is 11.2. The summed E-state index contributed by atoms with van der Waals surface area (Å²) in [6.07, 6.45) is 1.64. The van der Waals surface area contributed by atoms with E-state index in [9.17, 15) is 9.59 Å². The Morgan fingerprint density at radius 2 is 2.26 bits per heavy atom. The van der Waals surface area contributed by atoms with Gasteiger partial charge >= 0.3 is 5.97 Å². The van der Waals surface area contributed by atoms with E-state index in [0.29, 0.717) is 18.0 Å². The van der Waals surface area contributed by atoms with Crippen molar-refractivity contribution in [3.63, 3.8) is 0 Å². The van der Waals surface area contributed by atoms with Crippen molar-refractivity contribution in [2.24, 2.45) is 5.92 Å². The molecular formula is C11H13N5O3. The van der Waals surface area contributed by atoms with Crippen molar-refractivity contribution in [3.8, 4) is 5.95 Å². The molecule has 8 nitrogen and oxygen atoms in total. The zero-order valence-electron chi connectivity index (χ0n) is 10.5. The van der Waals surface area contributed by atoms with E-state index in [0.717, 1.165) is 6.20 Å². The van der Waals surface area contributed by atoms with Gasteiger partial charge < -0.3 is 5.11 Å². The molecular weight excluding hydrogens is 250 g/mol. The summed E-state index contributed by atoms with van der Waals surface area (Å²) >= 11 is 0. The lowest BCUT2D eigenvalue weighted by Gasteiger charge is -2.06. The second-order valence-electron chi connectivity index (χ2n) is 4.49. The summed E-state index contributed by atoms with van der Waals surface area (Å²) in [4.78, 5) is 24.7. The van der Waals surface area contributed by atoms with Crippen molar-refractivity contribution in [3.05, 3.63) is 34.0 Å². The molecule has 8 heteroatoms. The highest BCUT2D eigenvalue weighted by molar-refractivity contribution is 5.85. The SMILES string of the molecule is CC(C)Cc1cc(C(=O)O)nn1-c1nncc(=O)[nH]1. The lowest BCUT2D eigenvalue weighted by Crippen LogP contribution is -2.16. The van der Waals surface area contributed by atoms with E-state index in [1.54, 1.807) is 0 Å². The summed E-state index contributed by atoms with van der Waals surface area (Å²) in [5, 5.41) is 20.2. The van der Waals surface area contributed by atoms with Gasteiger partial charge in [0.05, 0.1) is 0 Å². The standard InChI is InChI=1S/C11H13N5O3/c1-6(2)3-7-4-8(10(18)19)15-16(7)11-13-9(17)5-12-14-11/h4-6H,3H2,1-2H3,(H,18,19)(H,13,14,17). The van der Waals surface area contributed by atoms with Crippen LogP contribution in [0.1, 0.15) is 30.0 Å². The number of aromatic amines is 1. The molecule has 0 saturated heterocycles. The van der Waals surface area contributed by atoms with Crippen molar-refractivity contribution in [2.75, 3.05) is 0 Å². The first-order valence-corrected chi connectivity index (χ1v) is 5.72. The van der Waals surface area contributed by atoms with E-state index in [2.05, 4.69) is 20.3 Å². The van der Waals surface area contributed by atoms with Crippen LogP contribution in [0.15, 0.2) is 17.1 Å². The average molecular weight is 263 g/mol. The molecule has 0 unspecified atom stereocenters. The zero-order chi connectivity index (χ0) is 14.0. The van der Waals surface area contributed by atoms with Crippen LogP contribution in [0, 0.1) is 5.92 Å². The van der Waals surface area contributed by atoms with Crippen LogP contribution < -0.4 is 5.56 Å². The maximum Gasteiger partial charge on any atom is 0.356 e. The van der Waals surface area contributed by atoms with Crippen molar-refractivity contribution in [2.45, 2.75) is 20.3 Å². The largest absolute Gasteiger partial charge is 0.476 e. The molecule has 0 aliphatic carbocycles. The first-order valence-electron chi connectivity index (χ1n) is 5.72. The minimum Gasteiger partial charge on any atom is -0.476 e. The van der Waals surface area contributed by atoms with Gasteiger partial charge in [-0.15, -0.1) is 10.2 Å². The second-order valence-corrected chi connectivity index (χ2v) is 4.49. The Kier molecular flexibility index (Phi) is 3.41. The van der Waals surface area contributed by atoms with Crippen LogP contribution in [0.4, 0.5) is 0 Å². The summed E-state index contributed by atoms with van der Waals surface area (Å²) < 4.78 is 1.30. The number of hydrogen-bond acceptors (Lipinski definition) is 5. The van der Waals surface area contributed by atoms with E-state index in [4.69, 9.17) is 5.11 Å². The minimum atomic E-state index is -1.13. The molecule has 2 rings (SSSR count). The molecule has 0 aliphatic heterocycles. The van der Waals surface area contributed by atoms with Gasteiger partial charge in [0.2, 0.25) is 0 Å². The van der Waals surface area contributed by atoms with Gasteiger partial charge in [-0.05, 0) is 18.4 Å². The summed E-state index contributed by atoms with van der Waals surface area (Å²) in [6, 6.07) is 1.47. The molecule has 0 saturated carbocycles. The first kappa shape index (κ1) is 12.9. The van der Waals surface area contributed by atoms with Gasteiger partial charge in [-0.1, -0.05) is 13.8 Å². The fourth-order valence-electron chi connectivity index (χ4n) is 1.67. The Morgan fingerprint density at radius 3 is 2.84 bits per heavy atom. The Balaban J connectivity index is 2.54. The Labute approximate surface area is 108 Å². The number of aromatic nitrogens is 5. The van der Waals surface area contributed by atoms with E-state index in [1.807, 2.05) is 13.8 Å². The molecule has 2 heterocycles. The quantitative estimate of drug-likeness (QED) is 0.817. The number of aromatic carboxylic acids is 1. The summed E-state index contributed by atoms with van der Waals surface area (Å²) in [7, 11) is 0. The molecule has 0 spiro atoms. The van der Waals surface area contributed by atoms with Crippen LogP contribution in [0.2, 0.25) is 0 Å². The average Bonchev–Trinajstić information content (AvgIpc) is 2.72. The summed E-state index contributed by atoms with van der Waals surface area (Å²) in [6.45, 7) is 3.99. The normalized spacial score (nSPS) is 10.9. The topological polar surface area (TPSA) is 114 Å². The first-order chi connectivity index (χ1) is 8.97. The third-order valence-corrected chi connectivity index (χ3v) is 2.38. The van der Waals surface area contributed by atoms with Crippen LogP contribution in [-0.2, 0) is 6.42 Å². The highest BCUT2D eigenvalue weighted by Gasteiger charge is 2.16. The molecule has 0 fully saturated rings. The van der Waals surface area contributed by atoms with E-state index >= 15 is 0 Å². The smallest absolute Gasteiger partial charge is 0.356 e. The molecule has 0 radical (unpaired) electrons. The number of carboxylic acid groups (broad SMARTS) is 1. The van der Waals surface area contributed by atoms with E-state index in [-0.39, 0.29) is 11.6 Å². The third kappa shape index (κ3) is 2.84. The van der Waals surface area contributed by atoms with Gasteiger partial charge in [-0.3, -0.25) is 9.78 Å². The Morgan fingerprint density at radius 1 is 1.53 bits per heavy atom. The Bertz CT molecular complexity index is 658. The molecule has 0 aromatic carbocycles. The van der Waals surface area contributed by atoms with Gasteiger partial charge in [0, 0.05) is 5.69 Å². The van der Waals surface area contributed by atoms with Gasteiger partial charge in [0.25, 0.3) is 11.5 Å². The summed E-state index contributed by atoms with van der Waals surface area (Å²) in [5.74, 6) is -0.717. The molecule has 19 heavy (non-hydrogen) atoms. The molecule has 0 atom stereocenters. The van der Waals surface area contributed by atoms with E-state index < -0.39 is 11.5 Å². The maximum absolute atomic E-state index is 11.2. The van der Waals surface area contributed by atoms with Crippen LogP contribution >= 0.6 is 0 Å². The fourth-order valence-corrected chi connectivity index (χ4v) is 1.67. The molecule has 100 valence electrons. The van der Waals surface area contributed by atoms with Crippen LogP contribution in [-0.4, -0.2) is 36.0 Å². The number of H-pyrrole nitrogens is 1. The van der Waals surface area contributed by atoms with Gasteiger partial charge in [0.1, 0.15) is 6.20 Å². The minimum absolute atomic E-state index is 0.0952.